The molecule has 0 spiro atoms. The van der Waals surface area contributed by atoms with Gasteiger partial charge in [0, 0.05) is 17.5 Å². The van der Waals surface area contributed by atoms with Crippen LogP contribution < -0.4 is 29.0 Å². The van der Waals surface area contributed by atoms with Gasteiger partial charge in [0.25, 0.3) is 0 Å². The van der Waals surface area contributed by atoms with Gasteiger partial charge in [-0.05, 0) is 168 Å². The lowest BCUT2D eigenvalue weighted by Crippen LogP contribution is -2.30. The topological polar surface area (TPSA) is 192 Å². The first-order valence-electron chi connectivity index (χ1n) is 25.2. The van der Waals surface area contributed by atoms with Gasteiger partial charge in [0.15, 0.2) is 5.75 Å². The summed E-state index contributed by atoms with van der Waals surface area (Å²) in [6.45, 7) is 11.8. The van der Waals surface area contributed by atoms with Gasteiger partial charge in [0.2, 0.25) is 0 Å². The molecule has 1 N–H and O–H groups in total. The molecule has 0 radical (unpaired) electrons. The van der Waals surface area contributed by atoms with Crippen LogP contribution in [0, 0.1) is 37.5 Å². The lowest BCUT2D eigenvalue weighted by molar-refractivity contribution is -0.145. The van der Waals surface area contributed by atoms with E-state index in [0.717, 1.165) is 65.5 Å². The Balaban J connectivity index is 0.841. The van der Waals surface area contributed by atoms with E-state index in [4.69, 9.17) is 37.6 Å². The highest BCUT2D eigenvalue weighted by molar-refractivity contribution is 8.00. The number of aryl methyl sites for hydroxylation is 2. The smallest absolute Gasteiger partial charge is 0.330 e. The van der Waals surface area contributed by atoms with E-state index in [1.165, 1.54) is 11.8 Å². The number of rotatable bonds is 21. The van der Waals surface area contributed by atoms with Gasteiger partial charge in [-0.3, -0.25) is 19.2 Å². The number of esters is 6. The zero-order valence-electron chi connectivity index (χ0n) is 41.7. The Kier molecular flexibility index (Phi) is 17.9. The third-order valence-electron chi connectivity index (χ3n) is 13.5. The van der Waals surface area contributed by atoms with E-state index in [0.29, 0.717) is 104 Å². The molecule has 2 heterocycles. The summed E-state index contributed by atoms with van der Waals surface area (Å²) >= 11 is 1.40. The number of carbonyl (C=O) groups is 6. The first-order chi connectivity index (χ1) is 35.8. The van der Waals surface area contributed by atoms with Gasteiger partial charge >= 0.3 is 35.8 Å². The zero-order chi connectivity index (χ0) is 52.1. The van der Waals surface area contributed by atoms with Crippen LogP contribution in [-0.4, -0.2) is 49.0 Å². The molecule has 0 amide bonds. The van der Waals surface area contributed by atoms with Gasteiger partial charge in [-0.1, -0.05) is 43.1 Å². The Morgan fingerprint density at radius 1 is 0.595 bits per heavy atom. The van der Waals surface area contributed by atoms with Crippen molar-refractivity contribution in [3.63, 3.8) is 0 Å². The minimum absolute atomic E-state index is 0.0701. The molecular formula is C58H61NO14S. The number of hydrogen-bond acceptors (Lipinski definition) is 16. The van der Waals surface area contributed by atoms with Crippen LogP contribution >= 0.6 is 11.8 Å². The molecule has 1 atom stereocenters. The summed E-state index contributed by atoms with van der Waals surface area (Å²) in [6, 6.07) is 23.0. The van der Waals surface area contributed by atoms with Gasteiger partial charge in [-0.15, -0.1) is 0 Å². The van der Waals surface area contributed by atoms with Crippen molar-refractivity contribution < 1.29 is 66.3 Å². The molecule has 2 aliphatic carbocycles. The molecule has 0 saturated heterocycles. The van der Waals surface area contributed by atoms with Crippen molar-refractivity contribution in [2.45, 2.75) is 108 Å². The lowest BCUT2D eigenvalue weighted by Gasteiger charge is -2.26. The van der Waals surface area contributed by atoms with Crippen LogP contribution in [0.3, 0.4) is 0 Å². The van der Waals surface area contributed by atoms with Crippen LogP contribution in [0.4, 0.5) is 5.69 Å². The summed E-state index contributed by atoms with van der Waals surface area (Å²) in [4.78, 5) is 77.1. The van der Waals surface area contributed by atoms with Gasteiger partial charge in [-0.25, -0.2) is 9.59 Å². The fourth-order valence-corrected chi connectivity index (χ4v) is 10.5. The number of thioether (sulfide) groups is 1. The first kappa shape index (κ1) is 53.0. The number of anilines is 1. The SMILES string of the molecule is C=CC(=O)OCCCCCCOc1ccc(OC(=O)[C@H]2CC[C@H](C(=O)Oc3ccc(OC(=O)[C@H]4CC[C@H](C(=O)Oc5ccc(COC(=O)C=C)cc5)CC4)c4c3NC(c3cc5c(C)cc(C)cc5o3)S4)CC2)cc1. The molecule has 2 fully saturated rings. The Bertz CT molecular complexity index is 2860. The van der Waals surface area contributed by atoms with Gasteiger partial charge < -0.3 is 42.9 Å². The van der Waals surface area contributed by atoms with Crippen LogP contribution in [-0.2, 0) is 44.8 Å². The van der Waals surface area contributed by atoms with Gasteiger partial charge in [0.1, 0.15) is 46.3 Å². The van der Waals surface area contributed by atoms with Gasteiger partial charge in [0.05, 0.1) is 47.5 Å². The molecule has 15 nitrogen and oxygen atoms in total. The monoisotopic (exact) mass is 1030 g/mol. The molecule has 16 heteroatoms. The van der Waals surface area contributed by atoms with Crippen molar-refractivity contribution in [3.05, 3.63) is 127 Å². The minimum atomic E-state index is -0.529. The van der Waals surface area contributed by atoms with Crippen LogP contribution in [0.15, 0.2) is 113 Å². The fraction of sp³-hybridized carbons (Fsp3) is 0.379. The fourth-order valence-electron chi connectivity index (χ4n) is 9.37. The highest BCUT2D eigenvalue weighted by Gasteiger charge is 2.38. The normalized spacial score (nSPS) is 19.0. The summed E-state index contributed by atoms with van der Waals surface area (Å²) < 4.78 is 45.9. The molecule has 1 aliphatic heterocycles. The van der Waals surface area contributed by atoms with Crippen LogP contribution in [0.2, 0.25) is 0 Å². The largest absolute Gasteiger partial charge is 0.494 e. The van der Waals surface area contributed by atoms with E-state index >= 15 is 0 Å². The van der Waals surface area contributed by atoms with Crippen molar-refractivity contribution >= 4 is 64.2 Å². The standard InChI is InChI=1S/C58H61NO14S/c1-5-50(60)67-30-10-8-7-9-29-66-42-23-25-44(26-24-42)70-56(63)39-13-17-40(18-14-39)57(64)72-46-27-28-47(53-52(46)59-54(74-53)49-33-45-36(4)31-35(3)32-48(45)71-49)73-58(65)41-19-15-38(16-20-41)55(62)69-43-21-11-37(12-22-43)34-68-51(61)6-2/h5-6,11-12,21-28,31-33,38-41,54,59H,1-2,7-10,13-20,29-30,34H2,3-4H3/t38-,39-,40-,41-,54?. The molecule has 0 bridgehead atoms. The maximum absolute atomic E-state index is 13.8. The summed E-state index contributed by atoms with van der Waals surface area (Å²) in [6.07, 6.45) is 9.27. The summed E-state index contributed by atoms with van der Waals surface area (Å²) in [7, 11) is 0. The number of unbranched alkanes of at least 4 members (excludes halogenated alkanes) is 3. The maximum Gasteiger partial charge on any atom is 0.330 e. The number of furan rings is 1. The zero-order valence-corrected chi connectivity index (χ0v) is 42.5. The average Bonchev–Trinajstić information content (AvgIpc) is 4.07. The quantitative estimate of drug-likeness (QED) is 0.0315. The highest BCUT2D eigenvalue weighted by atomic mass is 32.2. The van der Waals surface area contributed by atoms with Crippen molar-refractivity contribution in [3.8, 4) is 28.7 Å². The molecule has 4 aromatic carbocycles. The van der Waals surface area contributed by atoms with Crippen LogP contribution in [0.5, 0.6) is 28.7 Å². The molecular weight excluding hydrogens is 967 g/mol. The Labute approximate surface area is 434 Å². The maximum atomic E-state index is 13.8. The van der Waals surface area contributed by atoms with E-state index in [1.54, 1.807) is 60.7 Å². The molecule has 1 unspecified atom stereocenters. The van der Waals surface area contributed by atoms with Crippen molar-refractivity contribution in [2.75, 3.05) is 18.5 Å². The minimum Gasteiger partial charge on any atom is -0.494 e. The third kappa shape index (κ3) is 13.8. The predicted octanol–water partition coefficient (Wildman–Crippen LogP) is 11.8. The molecule has 2 saturated carbocycles. The summed E-state index contributed by atoms with van der Waals surface area (Å²) in [5.41, 5.74) is 4.13. The number of carbonyl (C=O) groups excluding carboxylic acids is 6. The average molecular weight is 1030 g/mol. The Morgan fingerprint density at radius 3 is 1.68 bits per heavy atom. The molecule has 5 aromatic rings. The molecule has 3 aliphatic rings. The lowest BCUT2D eigenvalue weighted by atomic mass is 9.82. The highest BCUT2D eigenvalue weighted by Crippen LogP contribution is 2.55. The molecule has 1 aromatic heterocycles. The second-order valence-corrected chi connectivity index (χ2v) is 20.0. The van der Waals surface area contributed by atoms with Crippen molar-refractivity contribution in [2.24, 2.45) is 23.7 Å². The number of ether oxygens (including phenoxy) is 7. The van der Waals surface area contributed by atoms with E-state index in [1.807, 2.05) is 26.0 Å². The Morgan fingerprint density at radius 2 is 1.09 bits per heavy atom. The molecule has 388 valence electrons. The summed E-state index contributed by atoms with van der Waals surface area (Å²) in [5.74, 6) is -1.47. The van der Waals surface area contributed by atoms with Crippen molar-refractivity contribution in [1.29, 1.82) is 0 Å². The van der Waals surface area contributed by atoms with Crippen molar-refractivity contribution in [1.82, 2.24) is 0 Å². The van der Waals surface area contributed by atoms with E-state index in [9.17, 15) is 28.8 Å². The molecule has 8 rings (SSSR count). The van der Waals surface area contributed by atoms with Gasteiger partial charge in [-0.2, -0.15) is 0 Å². The van der Waals surface area contributed by atoms with E-state index in [2.05, 4.69) is 24.5 Å². The number of benzene rings is 4. The third-order valence-corrected chi connectivity index (χ3v) is 14.7. The number of fused-ring (bicyclic) bond motifs is 2. The first-order valence-corrected chi connectivity index (χ1v) is 26.1. The predicted molar refractivity (Wildman–Crippen MR) is 276 cm³/mol. The second kappa shape index (κ2) is 25.1. The Hall–Kier alpha value is -7.33. The van der Waals surface area contributed by atoms with E-state index < -0.39 is 41.1 Å². The number of nitrogens with one attached hydrogen (secondary N) is 1. The molecule has 74 heavy (non-hydrogen) atoms. The second-order valence-electron chi connectivity index (χ2n) is 18.9. The van der Waals surface area contributed by atoms with E-state index in [-0.39, 0.29) is 36.1 Å². The number of hydrogen-bond donors (Lipinski definition) is 1. The van der Waals surface area contributed by atoms with Crippen LogP contribution in [0.1, 0.15) is 105 Å². The van der Waals surface area contributed by atoms with Crippen LogP contribution in [0.25, 0.3) is 11.0 Å². The summed E-state index contributed by atoms with van der Waals surface area (Å²) in [5, 5.41) is 4.03.